The van der Waals surface area contributed by atoms with Crippen LogP contribution in [0.25, 0.3) is 0 Å². The molecule has 1 heterocycles. The molecule has 0 aliphatic carbocycles. The molecule has 2 aromatic rings. The zero-order valence-corrected chi connectivity index (χ0v) is 17.2. The van der Waals surface area contributed by atoms with Gasteiger partial charge in [0.15, 0.2) is 0 Å². The lowest BCUT2D eigenvalue weighted by Gasteiger charge is -2.26. The molecule has 1 aliphatic rings. The van der Waals surface area contributed by atoms with Gasteiger partial charge in [-0.25, -0.2) is 8.42 Å². The van der Waals surface area contributed by atoms with Gasteiger partial charge in [-0.3, -0.25) is 4.79 Å². The van der Waals surface area contributed by atoms with Gasteiger partial charge in [-0.2, -0.15) is 4.31 Å². The Bertz CT molecular complexity index is 956. The van der Waals surface area contributed by atoms with E-state index in [1.165, 1.54) is 22.5 Å². The number of piperidine rings is 1. The standard InChI is InChI=1S/C20H23ClN2O4S/c1-2-27-18-9-5-4-8-17(18)22-20(24)15-10-11-16(21)19(14-15)28(25,26)23-12-6-3-7-13-23/h4-5,8-11,14H,2-3,6-7,12-13H2,1H3,(H,22,24). The van der Waals surface area contributed by atoms with Crippen LogP contribution in [0.5, 0.6) is 5.75 Å². The van der Waals surface area contributed by atoms with Crippen molar-refractivity contribution in [3.63, 3.8) is 0 Å². The van der Waals surface area contributed by atoms with Crippen LogP contribution in [0.2, 0.25) is 5.02 Å². The van der Waals surface area contributed by atoms with Crippen LogP contribution in [-0.2, 0) is 10.0 Å². The number of nitrogens with one attached hydrogen (secondary N) is 1. The third kappa shape index (κ3) is 4.48. The van der Waals surface area contributed by atoms with E-state index in [0.29, 0.717) is 31.1 Å². The van der Waals surface area contributed by atoms with Crippen molar-refractivity contribution >= 4 is 33.2 Å². The van der Waals surface area contributed by atoms with Crippen molar-refractivity contribution < 1.29 is 17.9 Å². The summed E-state index contributed by atoms with van der Waals surface area (Å²) in [6, 6.07) is 11.4. The summed E-state index contributed by atoms with van der Waals surface area (Å²) in [5.74, 6) is 0.118. The fourth-order valence-electron chi connectivity index (χ4n) is 3.13. The second-order valence-corrected chi connectivity index (χ2v) is 8.81. The number of carbonyl (C=O) groups is 1. The lowest BCUT2D eigenvalue weighted by molar-refractivity contribution is 0.102. The maximum atomic E-state index is 13.0. The minimum Gasteiger partial charge on any atom is -0.492 e. The van der Waals surface area contributed by atoms with Crippen molar-refractivity contribution in [2.45, 2.75) is 31.1 Å². The molecule has 1 saturated heterocycles. The molecule has 1 amide bonds. The first-order valence-corrected chi connectivity index (χ1v) is 11.1. The topological polar surface area (TPSA) is 75.7 Å². The van der Waals surface area contributed by atoms with Crippen LogP contribution in [0.15, 0.2) is 47.4 Å². The number of anilines is 1. The van der Waals surface area contributed by atoms with E-state index in [0.717, 1.165) is 19.3 Å². The summed E-state index contributed by atoms with van der Waals surface area (Å²) in [5, 5.41) is 2.88. The fourth-order valence-corrected chi connectivity index (χ4v) is 5.15. The minimum absolute atomic E-state index is 0.0400. The smallest absolute Gasteiger partial charge is 0.255 e. The van der Waals surface area contributed by atoms with E-state index in [-0.39, 0.29) is 15.5 Å². The van der Waals surface area contributed by atoms with E-state index in [2.05, 4.69) is 5.32 Å². The van der Waals surface area contributed by atoms with Gasteiger partial charge in [-0.15, -0.1) is 0 Å². The summed E-state index contributed by atoms with van der Waals surface area (Å²) >= 11 is 6.17. The molecule has 0 radical (unpaired) electrons. The number of para-hydroxylation sites is 2. The summed E-state index contributed by atoms with van der Waals surface area (Å²) in [7, 11) is -3.74. The summed E-state index contributed by atoms with van der Waals surface area (Å²) in [6.45, 7) is 3.26. The average Bonchev–Trinajstić information content (AvgIpc) is 2.70. The van der Waals surface area contributed by atoms with Gasteiger partial charge in [0.05, 0.1) is 17.3 Å². The van der Waals surface area contributed by atoms with Crippen LogP contribution in [0.1, 0.15) is 36.5 Å². The maximum absolute atomic E-state index is 13.0. The summed E-state index contributed by atoms with van der Waals surface area (Å²) < 4.78 is 32.9. The van der Waals surface area contributed by atoms with Crippen LogP contribution in [0.3, 0.4) is 0 Å². The first-order chi connectivity index (χ1) is 13.4. The van der Waals surface area contributed by atoms with Gasteiger partial charge in [0.2, 0.25) is 10.0 Å². The first kappa shape index (κ1) is 20.6. The van der Waals surface area contributed by atoms with Gasteiger partial charge in [-0.05, 0) is 50.1 Å². The summed E-state index contributed by atoms with van der Waals surface area (Å²) in [4.78, 5) is 12.7. The molecule has 2 aromatic carbocycles. The highest BCUT2D eigenvalue weighted by atomic mass is 35.5. The minimum atomic E-state index is -3.74. The largest absolute Gasteiger partial charge is 0.492 e. The van der Waals surface area contributed by atoms with Crippen molar-refractivity contribution in [2.75, 3.05) is 25.0 Å². The molecule has 28 heavy (non-hydrogen) atoms. The number of ether oxygens (including phenoxy) is 1. The van der Waals surface area contributed by atoms with E-state index in [1.807, 2.05) is 13.0 Å². The molecule has 0 saturated carbocycles. The van der Waals surface area contributed by atoms with Crippen molar-refractivity contribution in [3.8, 4) is 5.75 Å². The summed E-state index contributed by atoms with van der Waals surface area (Å²) in [6.07, 6.45) is 2.66. The molecule has 0 aromatic heterocycles. The molecular formula is C20H23ClN2O4S. The van der Waals surface area contributed by atoms with Gasteiger partial charge in [-0.1, -0.05) is 30.2 Å². The molecular weight excluding hydrogens is 400 g/mol. The van der Waals surface area contributed by atoms with Crippen LogP contribution in [0, 0.1) is 0 Å². The zero-order valence-electron chi connectivity index (χ0n) is 15.7. The molecule has 0 atom stereocenters. The van der Waals surface area contributed by atoms with E-state index in [9.17, 15) is 13.2 Å². The Kier molecular flexibility index (Phi) is 6.59. The third-order valence-corrected chi connectivity index (χ3v) is 6.94. The number of hydrogen-bond donors (Lipinski definition) is 1. The monoisotopic (exact) mass is 422 g/mol. The number of rotatable bonds is 6. The van der Waals surface area contributed by atoms with Gasteiger partial charge in [0.1, 0.15) is 10.6 Å². The predicted octanol–water partition coefficient (Wildman–Crippen LogP) is 4.17. The molecule has 0 spiro atoms. The zero-order chi connectivity index (χ0) is 20.1. The van der Waals surface area contributed by atoms with Crippen LogP contribution in [-0.4, -0.2) is 38.3 Å². The highest BCUT2D eigenvalue weighted by Crippen LogP contribution is 2.29. The van der Waals surface area contributed by atoms with Crippen LogP contribution >= 0.6 is 11.6 Å². The molecule has 150 valence electrons. The fraction of sp³-hybridized carbons (Fsp3) is 0.350. The third-order valence-electron chi connectivity index (χ3n) is 4.56. The Morgan fingerprint density at radius 2 is 1.86 bits per heavy atom. The number of amides is 1. The molecule has 1 fully saturated rings. The van der Waals surface area contributed by atoms with Gasteiger partial charge >= 0.3 is 0 Å². The van der Waals surface area contributed by atoms with E-state index in [1.54, 1.807) is 18.2 Å². The Labute approximate surface area is 170 Å². The van der Waals surface area contributed by atoms with E-state index in [4.69, 9.17) is 16.3 Å². The predicted molar refractivity (Wildman–Crippen MR) is 110 cm³/mol. The SMILES string of the molecule is CCOc1ccccc1NC(=O)c1ccc(Cl)c(S(=O)(=O)N2CCCCC2)c1. The number of benzene rings is 2. The highest BCUT2D eigenvalue weighted by molar-refractivity contribution is 7.89. The Balaban J connectivity index is 1.88. The second kappa shape index (κ2) is 8.94. The number of nitrogens with zero attached hydrogens (tertiary/aromatic N) is 1. The van der Waals surface area contributed by atoms with Crippen LogP contribution < -0.4 is 10.1 Å². The normalized spacial score (nSPS) is 15.2. The molecule has 8 heteroatoms. The molecule has 6 nitrogen and oxygen atoms in total. The number of hydrogen-bond acceptors (Lipinski definition) is 4. The maximum Gasteiger partial charge on any atom is 0.255 e. The number of halogens is 1. The van der Waals surface area contributed by atoms with Gasteiger partial charge < -0.3 is 10.1 Å². The Morgan fingerprint density at radius 1 is 1.14 bits per heavy atom. The first-order valence-electron chi connectivity index (χ1n) is 9.26. The molecule has 1 aliphatic heterocycles. The second-order valence-electron chi connectivity index (χ2n) is 6.49. The lowest BCUT2D eigenvalue weighted by atomic mass is 10.2. The van der Waals surface area contributed by atoms with Gasteiger partial charge in [0, 0.05) is 18.7 Å². The van der Waals surface area contributed by atoms with Crippen molar-refractivity contribution in [2.24, 2.45) is 0 Å². The van der Waals surface area contributed by atoms with Crippen molar-refractivity contribution in [1.29, 1.82) is 0 Å². The number of sulfonamides is 1. The van der Waals surface area contributed by atoms with Crippen molar-refractivity contribution in [1.82, 2.24) is 4.31 Å². The van der Waals surface area contributed by atoms with Crippen LogP contribution in [0.4, 0.5) is 5.69 Å². The molecule has 1 N–H and O–H groups in total. The number of carbonyl (C=O) groups excluding carboxylic acids is 1. The molecule has 0 unspecified atom stereocenters. The van der Waals surface area contributed by atoms with Crippen molar-refractivity contribution in [3.05, 3.63) is 53.1 Å². The van der Waals surface area contributed by atoms with E-state index < -0.39 is 15.9 Å². The Morgan fingerprint density at radius 3 is 2.57 bits per heavy atom. The average molecular weight is 423 g/mol. The van der Waals surface area contributed by atoms with Gasteiger partial charge in [0.25, 0.3) is 5.91 Å². The molecule has 0 bridgehead atoms. The quantitative estimate of drug-likeness (QED) is 0.758. The summed E-state index contributed by atoms with van der Waals surface area (Å²) in [5.41, 5.74) is 0.732. The Hall–Kier alpha value is -2.09. The molecule has 3 rings (SSSR count). The lowest BCUT2D eigenvalue weighted by Crippen LogP contribution is -2.35. The van der Waals surface area contributed by atoms with E-state index >= 15 is 0 Å². The highest BCUT2D eigenvalue weighted by Gasteiger charge is 2.28.